The Morgan fingerprint density at radius 2 is 2.04 bits per heavy atom. The van der Waals surface area contributed by atoms with Crippen LogP contribution in [0, 0.1) is 6.92 Å². The van der Waals surface area contributed by atoms with E-state index in [2.05, 4.69) is 11.9 Å². The number of halogens is 1. The van der Waals surface area contributed by atoms with Crippen molar-refractivity contribution in [3.8, 4) is 11.5 Å². The minimum absolute atomic E-state index is 0.233. The number of alkyl halides is 1. The van der Waals surface area contributed by atoms with Gasteiger partial charge in [0.05, 0.1) is 0 Å². The average molecular weight is 350 g/mol. The Hall–Kier alpha value is -2.95. The number of nitrogens with zero attached hydrogens (tertiary/aromatic N) is 1. The lowest BCUT2D eigenvalue weighted by atomic mass is 9.85. The molecule has 1 radical (unpaired) electrons. The number of carbonyl (C=O) groups is 1. The molecular weight excluding hydrogens is 333 g/mol. The van der Waals surface area contributed by atoms with Crippen LogP contribution in [0.25, 0.3) is 5.57 Å². The van der Waals surface area contributed by atoms with Crippen LogP contribution < -0.4 is 9.47 Å². The van der Waals surface area contributed by atoms with Crippen molar-refractivity contribution in [3.05, 3.63) is 78.0 Å². The minimum atomic E-state index is -1.69. The first-order valence-corrected chi connectivity index (χ1v) is 8.37. The van der Waals surface area contributed by atoms with Gasteiger partial charge < -0.3 is 9.47 Å². The molecule has 1 aliphatic carbocycles. The van der Waals surface area contributed by atoms with E-state index in [1.807, 2.05) is 18.2 Å². The fourth-order valence-corrected chi connectivity index (χ4v) is 3.16. The van der Waals surface area contributed by atoms with Crippen molar-refractivity contribution < 1.29 is 18.7 Å². The Kier molecular flexibility index (Phi) is 4.29. The third-order valence-electron chi connectivity index (χ3n) is 4.63. The standard InChI is InChI=1S/C21H17FNO3/c1-13-15(6-4-14-5-7-18-19(9-14)26-12-25-18)10-17(20(22)21(13)24)16-3-2-8-23-11-16/h2-3,5,7-11,20H,1,4,6,12H2. The lowest BCUT2D eigenvalue weighted by molar-refractivity contribution is -0.118. The van der Waals surface area contributed by atoms with Crippen LogP contribution in [0.1, 0.15) is 17.5 Å². The second kappa shape index (κ2) is 6.75. The van der Waals surface area contributed by atoms with E-state index in [4.69, 9.17) is 9.47 Å². The van der Waals surface area contributed by atoms with Gasteiger partial charge in [-0.2, -0.15) is 0 Å². The molecule has 4 nitrogen and oxygen atoms in total. The van der Waals surface area contributed by atoms with Crippen LogP contribution in [0.4, 0.5) is 4.39 Å². The summed E-state index contributed by atoms with van der Waals surface area (Å²) >= 11 is 0. The SMILES string of the molecule is [CH2]C1=C(CCc2ccc3c(c2)OCO3)C=C(c2cccnc2)C(F)C1=O. The molecule has 1 aliphatic heterocycles. The maximum Gasteiger partial charge on any atom is 0.231 e. The minimum Gasteiger partial charge on any atom is -0.454 e. The molecule has 2 heterocycles. The van der Waals surface area contributed by atoms with E-state index in [-0.39, 0.29) is 12.4 Å². The Morgan fingerprint density at radius 1 is 1.19 bits per heavy atom. The van der Waals surface area contributed by atoms with Gasteiger partial charge in [-0.15, -0.1) is 0 Å². The highest BCUT2D eigenvalue weighted by atomic mass is 19.1. The van der Waals surface area contributed by atoms with E-state index in [1.54, 1.807) is 30.6 Å². The summed E-state index contributed by atoms with van der Waals surface area (Å²) in [6, 6.07) is 9.24. The molecule has 1 aromatic heterocycles. The molecule has 4 rings (SSSR count). The first kappa shape index (κ1) is 16.5. The second-order valence-corrected chi connectivity index (χ2v) is 6.26. The van der Waals surface area contributed by atoms with Crippen LogP contribution >= 0.6 is 0 Å². The third kappa shape index (κ3) is 3.01. The highest BCUT2D eigenvalue weighted by Gasteiger charge is 2.30. The number of pyridine rings is 1. The van der Waals surface area contributed by atoms with Gasteiger partial charge in [0.1, 0.15) is 0 Å². The van der Waals surface area contributed by atoms with Gasteiger partial charge in [0.25, 0.3) is 0 Å². The lowest BCUT2D eigenvalue weighted by Gasteiger charge is -2.21. The molecule has 0 spiro atoms. The Balaban J connectivity index is 1.58. The van der Waals surface area contributed by atoms with Crippen molar-refractivity contribution in [1.82, 2.24) is 4.98 Å². The number of hydrogen-bond acceptors (Lipinski definition) is 4. The molecule has 0 fully saturated rings. The quantitative estimate of drug-likeness (QED) is 0.840. The zero-order chi connectivity index (χ0) is 18.1. The van der Waals surface area contributed by atoms with Gasteiger partial charge in [0.2, 0.25) is 6.79 Å². The van der Waals surface area contributed by atoms with Crippen molar-refractivity contribution >= 4 is 11.4 Å². The summed E-state index contributed by atoms with van der Waals surface area (Å²) < 4.78 is 25.2. The predicted molar refractivity (Wildman–Crippen MR) is 95.4 cm³/mol. The first-order valence-electron chi connectivity index (χ1n) is 8.37. The monoisotopic (exact) mass is 350 g/mol. The molecule has 2 aromatic rings. The zero-order valence-corrected chi connectivity index (χ0v) is 14.1. The number of ether oxygens (including phenoxy) is 2. The molecule has 2 aliphatic rings. The van der Waals surface area contributed by atoms with Crippen molar-refractivity contribution in [1.29, 1.82) is 0 Å². The van der Waals surface area contributed by atoms with E-state index < -0.39 is 12.0 Å². The zero-order valence-electron chi connectivity index (χ0n) is 14.1. The van der Waals surface area contributed by atoms with Crippen LogP contribution in [0.3, 0.4) is 0 Å². The van der Waals surface area contributed by atoms with Crippen LogP contribution in [0.5, 0.6) is 11.5 Å². The second-order valence-electron chi connectivity index (χ2n) is 6.26. The van der Waals surface area contributed by atoms with Crippen LogP contribution in [0.15, 0.2) is 59.9 Å². The number of ketones is 1. The molecule has 0 bridgehead atoms. The molecule has 0 amide bonds. The van der Waals surface area contributed by atoms with E-state index >= 15 is 0 Å². The first-order chi connectivity index (χ1) is 12.6. The van der Waals surface area contributed by atoms with E-state index in [1.165, 1.54) is 0 Å². The molecule has 5 heteroatoms. The maximum absolute atomic E-state index is 14.5. The number of hydrogen-bond donors (Lipinski definition) is 0. The third-order valence-corrected chi connectivity index (χ3v) is 4.63. The number of allylic oxidation sites excluding steroid dienone is 4. The summed E-state index contributed by atoms with van der Waals surface area (Å²) in [5.41, 5.74) is 3.00. The molecule has 0 saturated heterocycles. The van der Waals surface area contributed by atoms with E-state index in [9.17, 15) is 9.18 Å². The highest BCUT2D eigenvalue weighted by molar-refractivity contribution is 6.10. The number of benzene rings is 1. The molecular formula is C21H17FNO3. The summed E-state index contributed by atoms with van der Waals surface area (Å²) in [5.74, 6) is 0.881. The molecule has 0 N–H and O–H groups in total. The number of aryl methyl sites for hydroxylation is 1. The summed E-state index contributed by atoms with van der Waals surface area (Å²) in [6.07, 6.45) is 4.49. The molecule has 1 unspecified atom stereocenters. The van der Waals surface area contributed by atoms with Crippen molar-refractivity contribution in [2.45, 2.75) is 19.0 Å². The van der Waals surface area contributed by atoms with Gasteiger partial charge in [0.15, 0.2) is 23.5 Å². The predicted octanol–water partition coefficient (Wildman–Crippen LogP) is 3.88. The van der Waals surface area contributed by atoms with Crippen molar-refractivity contribution in [2.75, 3.05) is 6.79 Å². The number of Topliss-reactive ketones (excluding diaryl/α,β-unsaturated/α-hetero) is 1. The Morgan fingerprint density at radius 3 is 2.85 bits per heavy atom. The Bertz CT molecular complexity index is 918. The van der Waals surface area contributed by atoms with Gasteiger partial charge in [0, 0.05) is 23.5 Å². The molecule has 131 valence electrons. The molecule has 0 saturated carbocycles. The number of fused-ring (bicyclic) bond motifs is 1. The lowest BCUT2D eigenvalue weighted by Crippen LogP contribution is -2.23. The van der Waals surface area contributed by atoms with E-state index in [0.717, 1.165) is 22.6 Å². The molecule has 26 heavy (non-hydrogen) atoms. The van der Waals surface area contributed by atoms with Gasteiger partial charge in [-0.05, 0) is 54.7 Å². The van der Waals surface area contributed by atoms with Gasteiger partial charge in [-0.1, -0.05) is 18.2 Å². The van der Waals surface area contributed by atoms with Crippen LogP contribution in [-0.4, -0.2) is 23.7 Å². The topological polar surface area (TPSA) is 48.4 Å². The molecule has 1 aromatic carbocycles. The van der Waals surface area contributed by atoms with Gasteiger partial charge in [-0.3, -0.25) is 9.78 Å². The van der Waals surface area contributed by atoms with Crippen LogP contribution in [-0.2, 0) is 11.2 Å². The number of aromatic nitrogens is 1. The molecule has 1 atom stereocenters. The normalized spacial score (nSPS) is 18.9. The summed E-state index contributed by atoms with van der Waals surface area (Å²) in [6.45, 7) is 4.03. The summed E-state index contributed by atoms with van der Waals surface area (Å²) in [4.78, 5) is 16.3. The summed E-state index contributed by atoms with van der Waals surface area (Å²) in [5, 5.41) is 0. The fourth-order valence-electron chi connectivity index (χ4n) is 3.16. The highest BCUT2D eigenvalue weighted by Crippen LogP contribution is 2.35. The Labute approximate surface area is 151 Å². The summed E-state index contributed by atoms with van der Waals surface area (Å²) in [7, 11) is 0. The number of rotatable bonds is 4. The van der Waals surface area contributed by atoms with Crippen molar-refractivity contribution in [3.63, 3.8) is 0 Å². The van der Waals surface area contributed by atoms with Gasteiger partial charge in [-0.25, -0.2) is 4.39 Å². The van der Waals surface area contributed by atoms with Crippen molar-refractivity contribution in [2.24, 2.45) is 0 Å². The fraction of sp³-hybridized carbons (Fsp3) is 0.190. The average Bonchev–Trinajstić information content (AvgIpc) is 3.14. The van der Waals surface area contributed by atoms with E-state index in [0.29, 0.717) is 24.0 Å². The smallest absolute Gasteiger partial charge is 0.231 e. The maximum atomic E-state index is 14.5. The van der Waals surface area contributed by atoms with Gasteiger partial charge >= 0.3 is 0 Å². The largest absolute Gasteiger partial charge is 0.454 e. The van der Waals surface area contributed by atoms with Crippen LogP contribution in [0.2, 0.25) is 0 Å². The number of carbonyl (C=O) groups excluding carboxylic acids is 1.